The van der Waals surface area contributed by atoms with Gasteiger partial charge in [-0.25, -0.2) is 0 Å². The number of likely N-dealkylation sites (tertiary alicyclic amines) is 1. The van der Waals surface area contributed by atoms with Gasteiger partial charge in [0.15, 0.2) is 11.5 Å². The van der Waals surface area contributed by atoms with Gasteiger partial charge in [-0.15, -0.1) is 0 Å². The van der Waals surface area contributed by atoms with Gasteiger partial charge in [0.1, 0.15) is 11.9 Å². The van der Waals surface area contributed by atoms with Crippen molar-refractivity contribution in [3.05, 3.63) is 59.2 Å². The first-order valence-electron chi connectivity index (χ1n) is 19.4. The molecule has 266 valence electrons. The van der Waals surface area contributed by atoms with Crippen molar-refractivity contribution in [3.63, 3.8) is 0 Å². The van der Waals surface area contributed by atoms with Crippen LogP contribution in [0.2, 0.25) is 0 Å². The van der Waals surface area contributed by atoms with Gasteiger partial charge < -0.3 is 14.4 Å². The molecule has 2 heterocycles. The monoisotopic (exact) mass is 670 g/mol. The second kappa shape index (κ2) is 16.2. The summed E-state index contributed by atoms with van der Waals surface area (Å²) >= 11 is 0. The molecule has 2 aliphatic carbocycles. The molecule has 2 aromatic carbocycles. The van der Waals surface area contributed by atoms with Gasteiger partial charge in [0.05, 0.1) is 12.6 Å². The quantitative estimate of drug-likeness (QED) is 0.0910. The zero-order valence-corrected chi connectivity index (χ0v) is 30.2. The van der Waals surface area contributed by atoms with Crippen molar-refractivity contribution in [3.8, 4) is 11.5 Å². The standard InChI is InChI=1S/C42H58N2O5/c1-4-5-26-44(38(47)20-16-11-9-7-6-8-10-13-17-32-18-14-12-15-19-32)35-23-22-34-36-28-33-21-24-37(48-31(3)46)40-39(33)42(34,41(35)49-40)25-27-43(36)29-30(2)45/h12,14-15,18-19,21,24,34-36,41H,4-11,13,16-17,20,22-23,25-29H2,1-3H3/t34-,35-,36+,41-,42-/m0/s1. The maximum Gasteiger partial charge on any atom is 0.308 e. The number of unbranched alkanes of at least 4 members (excludes halogenated alkanes) is 8. The Morgan fingerprint density at radius 3 is 2.37 bits per heavy atom. The molecule has 7 heteroatoms. The number of aryl methyl sites for hydroxylation is 1. The highest BCUT2D eigenvalue weighted by atomic mass is 16.6. The summed E-state index contributed by atoms with van der Waals surface area (Å²) < 4.78 is 12.7. The van der Waals surface area contributed by atoms with E-state index in [4.69, 9.17) is 9.47 Å². The summed E-state index contributed by atoms with van der Waals surface area (Å²) in [5, 5.41) is 0. The van der Waals surface area contributed by atoms with Gasteiger partial charge in [0.2, 0.25) is 5.91 Å². The van der Waals surface area contributed by atoms with Crippen LogP contribution in [0.15, 0.2) is 42.5 Å². The Kier molecular flexibility index (Phi) is 11.8. The predicted octanol–water partition coefficient (Wildman–Crippen LogP) is 7.99. The lowest BCUT2D eigenvalue weighted by molar-refractivity contribution is -0.143. The van der Waals surface area contributed by atoms with E-state index in [2.05, 4.69) is 53.1 Å². The van der Waals surface area contributed by atoms with Crippen LogP contribution in [-0.4, -0.2) is 65.3 Å². The SMILES string of the molecule is CCCCN(C(=O)CCCCCCCCCCc1ccccc1)[C@H]1CC[C@H]2[C@H]3Cc4ccc(OC(C)=O)c5c4[C@@]2(CCN3CC(C)=O)[C@H]1O5. The number of Topliss-reactive ketones (excluding diaryl/α,β-unsaturated/α-hetero) is 1. The number of carbonyl (C=O) groups is 3. The highest BCUT2D eigenvalue weighted by molar-refractivity contribution is 5.78. The summed E-state index contributed by atoms with van der Waals surface area (Å²) in [7, 11) is 0. The maximum absolute atomic E-state index is 14.1. The molecule has 0 radical (unpaired) electrons. The topological polar surface area (TPSA) is 76.2 Å². The molecule has 2 aliphatic heterocycles. The molecule has 0 N–H and O–H groups in total. The van der Waals surface area contributed by atoms with Crippen LogP contribution in [0.5, 0.6) is 11.5 Å². The smallest absolute Gasteiger partial charge is 0.308 e. The molecule has 6 rings (SSSR count). The van der Waals surface area contributed by atoms with Crippen LogP contribution in [0.3, 0.4) is 0 Å². The number of carbonyl (C=O) groups excluding carboxylic acids is 3. The summed E-state index contributed by atoms with van der Waals surface area (Å²) in [5.41, 5.74) is 3.65. The number of esters is 1. The lowest BCUT2D eigenvalue weighted by Crippen LogP contribution is -2.69. The van der Waals surface area contributed by atoms with E-state index in [1.165, 1.54) is 68.6 Å². The Morgan fingerprint density at radius 2 is 1.65 bits per heavy atom. The zero-order chi connectivity index (χ0) is 34.4. The predicted molar refractivity (Wildman–Crippen MR) is 193 cm³/mol. The molecule has 5 atom stereocenters. The summed E-state index contributed by atoms with van der Waals surface area (Å²) in [6.45, 7) is 7.38. The first kappa shape index (κ1) is 35.6. The number of nitrogens with zero attached hydrogens (tertiary/aromatic N) is 2. The fourth-order valence-electron chi connectivity index (χ4n) is 9.88. The van der Waals surface area contributed by atoms with Crippen molar-refractivity contribution >= 4 is 17.7 Å². The number of ketones is 1. The average molecular weight is 671 g/mol. The molecule has 0 unspecified atom stereocenters. The van der Waals surface area contributed by atoms with E-state index in [1.54, 1.807) is 6.92 Å². The van der Waals surface area contributed by atoms with Crippen LogP contribution in [-0.2, 0) is 32.6 Å². The normalized spacial score (nSPS) is 25.0. The molecule has 1 amide bonds. The minimum atomic E-state index is -0.354. The van der Waals surface area contributed by atoms with Crippen molar-refractivity contribution in [2.24, 2.45) is 5.92 Å². The summed E-state index contributed by atoms with van der Waals surface area (Å²) in [5.74, 6) is 1.67. The molecule has 49 heavy (non-hydrogen) atoms. The summed E-state index contributed by atoms with van der Waals surface area (Å²) in [6.07, 6.45) is 16.8. The molecule has 1 saturated heterocycles. The number of piperidine rings is 1. The fraction of sp³-hybridized carbons (Fsp3) is 0.643. The van der Waals surface area contributed by atoms with Crippen LogP contribution in [0.4, 0.5) is 0 Å². The van der Waals surface area contributed by atoms with Gasteiger partial charge in [-0.3, -0.25) is 19.3 Å². The van der Waals surface area contributed by atoms with Crippen LogP contribution in [0, 0.1) is 5.92 Å². The van der Waals surface area contributed by atoms with E-state index in [9.17, 15) is 14.4 Å². The van der Waals surface area contributed by atoms with Crippen LogP contribution < -0.4 is 9.47 Å². The number of hydrogen-bond donors (Lipinski definition) is 0. The average Bonchev–Trinajstić information content (AvgIpc) is 3.44. The summed E-state index contributed by atoms with van der Waals surface area (Å²) in [4.78, 5) is 43.1. The molecule has 2 bridgehead atoms. The molecule has 7 nitrogen and oxygen atoms in total. The molecular weight excluding hydrogens is 612 g/mol. The second-order valence-electron chi connectivity index (χ2n) is 15.3. The first-order valence-corrected chi connectivity index (χ1v) is 19.4. The van der Waals surface area contributed by atoms with Crippen molar-refractivity contribution in [1.29, 1.82) is 0 Å². The fourth-order valence-corrected chi connectivity index (χ4v) is 9.88. The third-order valence-electron chi connectivity index (χ3n) is 12.0. The van der Waals surface area contributed by atoms with Gasteiger partial charge in [0, 0.05) is 36.9 Å². The van der Waals surface area contributed by atoms with E-state index in [0.29, 0.717) is 24.6 Å². The third kappa shape index (κ3) is 7.62. The van der Waals surface area contributed by atoms with Crippen molar-refractivity contribution in [2.45, 2.75) is 147 Å². The van der Waals surface area contributed by atoms with Gasteiger partial charge in [-0.1, -0.05) is 88.3 Å². The third-order valence-corrected chi connectivity index (χ3v) is 12.0. The lowest BCUT2D eigenvalue weighted by atomic mass is 9.51. The van der Waals surface area contributed by atoms with Crippen LogP contribution in [0.1, 0.15) is 127 Å². The Morgan fingerprint density at radius 1 is 0.918 bits per heavy atom. The molecular formula is C42H58N2O5. The largest absolute Gasteiger partial charge is 0.483 e. The maximum atomic E-state index is 14.1. The highest BCUT2D eigenvalue weighted by Gasteiger charge is 2.66. The van der Waals surface area contributed by atoms with Crippen molar-refractivity contribution in [1.82, 2.24) is 9.80 Å². The van der Waals surface area contributed by atoms with E-state index in [1.807, 2.05) is 6.07 Å². The number of rotatable bonds is 18. The molecule has 1 spiro atoms. The highest BCUT2D eigenvalue weighted by Crippen LogP contribution is 2.64. The number of amides is 1. The van der Waals surface area contributed by atoms with Crippen LogP contribution in [0.25, 0.3) is 0 Å². The summed E-state index contributed by atoms with van der Waals surface area (Å²) in [6, 6.07) is 15.0. The number of hydrogen-bond acceptors (Lipinski definition) is 6. The Hall–Kier alpha value is -3.19. The van der Waals surface area contributed by atoms with Gasteiger partial charge in [-0.2, -0.15) is 0 Å². The Bertz CT molecular complexity index is 1460. The first-order chi connectivity index (χ1) is 23.8. The number of ether oxygens (including phenoxy) is 2. The molecule has 4 aliphatic rings. The minimum absolute atomic E-state index is 0.0188. The number of benzene rings is 2. The lowest BCUT2D eigenvalue weighted by Gasteiger charge is -2.60. The second-order valence-corrected chi connectivity index (χ2v) is 15.3. The Balaban J connectivity index is 1.10. The Labute approximate surface area is 294 Å². The van der Waals surface area contributed by atoms with E-state index in [0.717, 1.165) is 70.2 Å². The minimum Gasteiger partial charge on any atom is -0.483 e. The molecule has 0 aromatic heterocycles. The van der Waals surface area contributed by atoms with Crippen molar-refractivity contribution in [2.75, 3.05) is 19.6 Å². The molecule has 2 aromatic rings. The van der Waals surface area contributed by atoms with Gasteiger partial charge in [-0.05, 0) is 87.9 Å². The zero-order valence-electron chi connectivity index (χ0n) is 30.2. The molecule has 2 fully saturated rings. The van der Waals surface area contributed by atoms with Crippen molar-refractivity contribution < 1.29 is 23.9 Å². The van der Waals surface area contributed by atoms with Gasteiger partial charge in [0.25, 0.3) is 0 Å². The van der Waals surface area contributed by atoms with E-state index < -0.39 is 0 Å². The van der Waals surface area contributed by atoms with E-state index >= 15 is 0 Å². The van der Waals surface area contributed by atoms with E-state index in [-0.39, 0.29) is 41.3 Å². The molecule has 1 saturated carbocycles. The van der Waals surface area contributed by atoms with Gasteiger partial charge >= 0.3 is 5.97 Å². The van der Waals surface area contributed by atoms with Crippen LogP contribution >= 0.6 is 0 Å².